The molecule has 0 atom stereocenters. The van der Waals surface area contributed by atoms with E-state index in [4.69, 9.17) is 4.74 Å². The Kier molecular flexibility index (Phi) is 6.56. The zero-order chi connectivity index (χ0) is 25.3. The smallest absolute Gasteiger partial charge is 0.343 e. The number of imide groups is 1. The van der Waals surface area contributed by atoms with E-state index in [9.17, 15) is 22.8 Å². The number of fused-ring (bicyclic) bond motifs is 1. The summed E-state index contributed by atoms with van der Waals surface area (Å²) in [6.07, 6.45) is 0. The highest BCUT2D eigenvalue weighted by Gasteiger charge is 2.36. The van der Waals surface area contributed by atoms with Crippen molar-refractivity contribution < 1.29 is 27.5 Å². The van der Waals surface area contributed by atoms with Crippen LogP contribution in [0.2, 0.25) is 0 Å². The number of hydrogen-bond donors (Lipinski definition) is 0. The van der Waals surface area contributed by atoms with E-state index in [1.54, 1.807) is 63.2 Å². The second-order valence-corrected chi connectivity index (χ2v) is 9.85. The number of rotatable bonds is 7. The average molecular weight is 493 g/mol. The fraction of sp³-hybridized carbons (Fsp3) is 0.192. The quantitative estimate of drug-likeness (QED) is 0.280. The summed E-state index contributed by atoms with van der Waals surface area (Å²) < 4.78 is 32.8. The van der Waals surface area contributed by atoms with Crippen molar-refractivity contribution in [1.29, 1.82) is 0 Å². The number of hydrogen-bond acceptors (Lipinski definition) is 6. The van der Waals surface area contributed by atoms with E-state index in [0.29, 0.717) is 29.8 Å². The molecule has 0 saturated heterocycles. The first-order chi connectivity index (χ1) is 16.7. The van der Waals surface area contributed by atoms with Gasteiger partial charge in [-0.15, -0.1) is 0 Å². The molecule has 0 spiro atoms. The Balaban J connectivity index is 1.60. The Morgan fingerprint density at radius 1 is 0.886 bits per heavy atom. The molecule has 3 aromatic rings. The summed E-state index contributed by atoms with van der Waals surface area (Å²) in [5.74, 6) is -1.57. The van der Waals surface area contributed by atoms with Gasteiger partial charge in [-0.3, -0.25) is 9.59 Å². The number of amides is 2. The molecule has 0 radical (unpaired) electrons. The van der Waals surface area contributed by atoms with E-state index >= 15 is 0 Å². The summed E-state index contributed by atoms with van der Waals surface area (Å²) in [5, 5.41) is 0. The van der Waals surface area contributed by atoms with Crippen LogP contribution < -0.4 is 9.64 Å². The van der Waals surface area contributed by atoms with E-state index in [1.165, 1.54) is 28.6 Å². The number of anilines is 1. The predicted molar refractivity (Wildman–Crippen MR) is 130 cm³/mol. The van der Waals surface area contributed by atoms with Crippen molar-refractivity contribution in [2.75, 3.05) is 18.0 Å². The number of ether oxygens (including phenoxy) is 1. The van der Waals surface area contributed by atoms with Gasteiger partial charge in [-0.25, -0.2) is 18.1 Å². The number of carbonyl (C=O) groups excluding carboxylic acids is 3. The van der Waals surface area contributed by atoms with Crippen LogP contribution in [0, 0.1) is 6.92 Å². The standard InChI is InChI=1S/C26H24N2O6S/c1-4-27(5-2)35(32,33)23-15-18(14-13-17(23)3)26(31)34-20-10-8-9-19(16-20)28-24(29)21-11-6-7-12-22(21)25(28)30/h6-16H,4-5H2,1-3H3. The lowest BCUT2D eigenvalue weighted by atomic mass is 10.1. The molecule has 0 aromatic heterocycles. The summed E-state index contributed by atoms with van der Waals surface area (Å²) in [4.78, 5) is 39.5. The number of nitrogens with zero attached hydrogens (tertiary/aromatic N) is 2. The SMILES string of the molecule is CCN(CC)S(=O)(=O)c1cc(C(=O)Oc2cccc(N3C(=O)c4ccccc4C3=O)c2)ccc1C. The fourth-order valence-corrected chi connectivity index (χ4v) is 5.69. The van der Waals surface area contributed by atoms with Crippen LogP contribution in [0.15, 0.2) is 71.6 Å². The topological polar surface area (TPSA) is 101 Å². The molecule has 0 aliphatic carbocycles. The van der Waals surface area contributed by atoms with Gasteiger partial charge in [0.05, 0.1) is 27.3 Å². The Morgan fingerprint density at radius 3 is 2.11 bits per heavy atom. The lowest BCUT2D eigenvalue weighted by Crippen LogP contribution is -2.31. The zero-order valence-electron chi connectivity index (χ0n) is 19.5. The molecule has 0 bridgehead atoms. The van der Waals surface area contributed by atoms with Crippen molar-refractivity contribution in [3.05, 3.63) is 89.0 Å². The zero-order valence-corrected chi connectivity index (χ0v) is 20.3. The first kappa shape index (κ1) is 24.3. The minimum Gasteiger partial charge on any atom is -0.423 e. The molecule has 3 aromatic carbocycles. The van der Waals surface area contributed by atoms with Gasteiger partial charge in [-0.05, 0) is 48.9 Å². The molecule has 1 heterocycles. The van der Waals surface area contributed by atoms with E-state index in [0.717, 1.165) is 4.90 Å². The van der Waals surface area contributed by atoms with Crippen LogP contribution in [-0.2, 0) is 10.0 Å². The summed E-state index contributed by atoms with van der Waals surface area (Å²) >= 11 is 0. The molecule has 0 unspecified atom stereocenters. The molecule has 35 heavy (non-hydrogen) atoms. The Hall–Kier alpha value is -3.82. The van der Waals surface area contributed by atoms with E-state index in [-0.39, 0.29) is 21.9 Å². The van der Waals surface area contributed by atoms with Crippen molar-refractivity contribution >= 4 is 33.5 Å². The maximum atomic E-state index is 13.0. The summed E-state index contributed by atoms with van der Waals surface area (Å²) in [6.45, 7) is 5.76. The molecular formula is C26H24N2O6S. The lowest BCUT2D eigenvalue weighted by molar-refractivity contribution is 0.0734. The summed E-state index contributed by atoms with van der Waals surface area (Å²) in [5.41, 5.74) is 1.45. The number of benzene rings is 3. The largest absolute Gasteiger partial charge is 0.423 e. The minimum absolute atomic E-state index is 0.0374. The molecule has 0 N–H and O–H groups in total. The van der Waals surface area contributed by atoms with Crippen LogP contribution in [0.3, 0.4) is 0 Å². The van der Waals surface area contributed by atoms with Gasteiger partial charge in [0.2, 0.25) is 10.0 Å². The normalized spacial score (nSPS) is 13.3. The minimum atomic E-state index is -3.77. The second-order valence-electron chi connectivity index (χ2n) is 7.95. The van der Waals surface area contributed by atoms with E-state index < -0.39 is 27.8 Å². The van der Waals surface area contributed by atoms with Crippen LogP contribution >= 0.6 is 0 Å². The highest BCUT2D eigenvalue weighted by atomic mass is 32.2. The number of esters is 1. The van der Waals surface area contributed by atoms with Crippen molar-refractivity contribution in [2.45, 2.75) is 25.7 Å². The molecule has 1 aliphatic heterocycles. The van der Waals surface area contributed by atoms with Gasteiger partial charge < -0.3 is 4.74 Å². The average Bonchev–Trinajstić information content (AvgIpc) is 3.10. The maximum Gasteiger partial charge on any atom is 0.343 e. The van der Waals surface area contributed by atoms with Crippen molar-refractivity contribution in [2.24, 2.45) is 0 Å². The van der Waals surface area contributed by atoms with Gasteiger partial charge in [-0.2, -0.15) is 4.31 Å². The second kappa shape index (κ2) is 9.44. The van der Waals surface area contributed by atoms with Crippen LogP contribution in [0.5, 0.6) is 5.75 Å². The lowest BCUT2D eigenvalue weighted by Gasteiger charge is -2.20. The maximum absolute atomic E-state index is 13.0. The molecule has 4 rings (SSSR count). The van der Waals surface area contributed by atoms with E-state index in [2.05, 4.69) is 0 Å². The van der Waals surface area contributed by atoms with Crippen LogP contribution in [0.4, 0.5) is 5.69 Å². The molecule has 180 valence electrons. The van der Waals surface area contributed by atoms with Gasteiger partial charge in [0.15, 0.2) is 0 Å². The predicted octanol–water partition coefficient (Wildman–Crippen LogP) is 4.05. The van der Waals surface area contributed by atoms with E-state index in [1.807, 2.05) is 0 Å². The first-order valence-electron chi connectivity index (χ1n) is 11.1. The van der Waals surface area contributed by atoms with Crippen LogP contribution in [0.25, 0.3) is 0 Å². The number of sulfonamides is 1. The van der Waals surface area contributed by atoms with Gasteiger partial charge in [0, 0.05) is 19.2 Å². The Labute approximate surface area is 203 Å². The van der Waals surface area contributed by atoms with Crippen molar-refractivity contribution in [3.63, 3.8) is 0 Å². The molecule has 8 nitrogen and oxygen atoms in total. The van der Waals surface area contributed by atoms with Crippen molar-refractivity contribution in [1.82, 2.24) is 4.31 Å². The monoisotopic (exact) mass is 492 g/mol. The van der Waals surface area contributed by atoms with Crippen molar-refractivity contribution in [3.8, 4) is 5.75 Å². The molecule has 1 aliphatic rings. The molecular weight excluding hydrogens is 468 g/mol. The first-order valence-corrected chi connectivity index (χ1v) is 12.5. The Morgan fingerprint density at radius 2 is 1.51 bits per heavy atom. The van der Waals surface area contributed by atoms with Crippen LogP contribution in [0.1, 0.15) is 50.5 Å². The number of carbonyl (C=O) groups is 3. The Bertz CT molecular complexity index is 1410. The highest BCUT2D eigenvalue weighted by molar-refractivity contribution is 7.89. The molecule has 0 fully saturated rings. The van der Waals surface area contributed by atoms with Gasteiger partial charge in [0.25, 0.3) is 11.8 Å². The third kappa shape index (κ3) is 4.36. The third-order valence-electron chi connectivity index (χ3n) is 5.83. The fourth-order valence-electron chi connectivity index (χ4n) is 3.98. The molecule has 9 heteroatoms. The van der Waals surface area contributed by atoms with Gasteiger partial charge in [-0.1, -0.05) is 38.1 Å². The van der Waals surface area contributed by atoms with Gasteiger partial charge >= 0.3 is 5.97 Å². The molecule has 2 amide bonds. The third-order valence-corrected chi connectivity index (χ3v) is 8.02. The highest BCUT2D eigenvalue weighted by Crippen LogP contribution is 2.31. The number of aryl methyl sites for hydroxylation is 1. The van der Waals surface area contributed by atoms with Gasteiger partial charge in [0.1, 0.15) is 5.75 Å². The molecule has 0 saturated carbocycles. The summed E-state index contributed by atoms with van der Waals surface area (Å²) in [6, 6.07) is 17.0. The summed E-state index contributed by atoms with van der Waals surface area (Å²) in [7, 11) is -3.77. The van der Waals surface area contributed by atoms with Crippen LogP contribution in [-0.4, -0.2) is 43.6 Å².